The third-order valence-electron chi connectivity index (χ3n) is 4.84. The summed E-state index contributed by atoms with van der Waals surface area (Å²) in [5, 5.41) is 3.68. The van der Waals surface area contributed by atoms with E-state index >= 15 is 0 Å². The lowest BCUT2D eigenvalue weighted by atomic mass is 10.1. The van der Waals surface area contributed by atoms with Gasteiger partial charge in [-0.15, -0.1) is 0 Å². The molecule has 1 aromatic rings. The van der Waals surface area contributed by atoms with Crippen LogP contribution in [0.2, 0.25) is 0 Å². The molecule has 0 aromatic heterocycles. The molecule has 0 amide bonds. The average Bonchev–Trinajstić information content (AvgIpc) is 2.81. The van der Waals surface area contributed by atoms with Gasteiger partial charge >= 0.3 is 0 Å². The first kappa shape index (κ1) is 15.6. The fourth-order valence-electron chi connectivity index (χ4n) is 3.42. The average molecular weight is 303 g/mol. The summed E-state index contributed by atoms with van der Waals surface area (Å²) in [5.74, 6) is 0. The van der Waals surface area contributed by atoms with Crippen molar-refractivity contribution in [1.29, 1.82) is 0 Å². The highest BCUT2D eigenvalue weighted by Crippen LogP contribution is 2.23. The van der Waals surface area contributed by atoms with Gasteiger partial charge in [0.05, 0.1) is 0 Å². The Morgan fingerprint density at radius 2 is 2.00 bits per heavy atom. The van der Waals surface area contributed by atoms with Gasteiger partial charge in [-0.1, -0.05) is 13.0 Å². The molecule has 2 heterocycles. The van der Waals surface area contributed by atoms with E-state index in [9.17, 15) is 0 Å². The van der Waals surface area contributed by atoms with E-state index in [4.69, 9.17) is 4.74 Å². The monoisotopic (exact) mass is 303 g/mol. The normalized spacial score (nSPS) is 21.6. The SMILES string of the molecule is CCN1CCCN(c2cccc(NC3CCOCC3)c2)CC1. The molecule has 1 N–H and O–H groups in total. The van der Waals surface area contributed by atoms with Crippen molar-refractivity contribution in [1.82, 2.24) is 4.90 Å². The summed E-state index contributed by atoms with van der Waals surface area (Å²) >= 11 is 0. The molecule has 2 aliphatic heterocycles. The summed E-state index contributed by atoms with van der Waals surface area (Å²) in [6.07, 6.45) is 3.48. The number of ether oxygens (including phenoxy) is 1. The molecule has 0 aliphatic carbocycles. The number of nitrogens with one attached hydrogen (secondary N) is 1. The Kier molecular flexibility index (Phi) is 5.57. The topological polar surface area (TPSA) is 27.7 Å². The molecule has 122 valence electrons. The zero-order valence-electron chi connectivity index (χ0n) is 13.8. The Morgan fingerprint density at radius 3 is 2.82 bits per heavy atom. The van der Waals surface area contributed by atoms with Crippen LogP contribution >= 0.6 is 0 Å². The highest BCUT2D eigenvalue weighted by atomic mass is 16.5. The van der Waals surface area contributed by atoms with Crippen LogP contribution in [-0.4, -0.2) is 56.9 Å². The fraction of sp³-hybridized carbons (Fsp3) is 0.667. The summed E-state index contributed by atoms with van der Waals surface area (Å²) in [6.45, 7) is 9.90. The van der Waals surface area contributed by atoms with E-state index in [-0.39, 0.29) is 0 Å². The summed E-state index contributed by atoms with van der Waals surface area (Å²) < 4.78 is 5.44. The summed E-state index contributed by atoms with van der Waals surface area (Å²) in [7, 11) is 0. The van der Waals surface area contributed by atoms with Crippen LogP contribution < -0.4 is 10.2 Å². The molecule has 0 radical (unpaired) electrons. The van der Waals surface area contributed by atoms with Gasteiger partial charge < -0.3 is 19.9 Å². The number of anilines is 2. The largest absolute Gasteiger partial charge is 0.382 e. The van der Waals surface area contributed by atoms with Crippen LogP contribution in [-0.2, 0) is 4.74 Å². The van der Waals surface area contributed by atoms with Crippen molar-refractivity contribution in [3.05, 3.63) is 24.3 Å². The Bertz CT molecular complexity index is 459. The lowest BCUT2D eigenvalue weighted by Gasteiger charge is -2.26. The lowest BCUT2D eigenvalue weighted by Crippen LogP contribution is -2.31. The Labute approximate surface area is 134 Å². The van der Waals surface area contributed by atoms with Crippen molar-refractivity contribution < 1.29 is 4.74 Å². The smallest absolute Gasteiger partial charge is 0.0485 e. The second-order valence-electron chi connectivity index (χ2n) is 6.36. The Morgan fingerprint density at radius 1 is 1.14 bits per heavy atom. The van der Waals surface area contributed by atoms with Crippen molar-refractivity contribution in [2.45, 2.75) is 32.2 Å². The maximum Gasteiger partial charge on any atom is 0.0485 e. The second-order valence-corrected chi connectivity index (χ2v) is 6.36. The first-order chi connectivity index (χ1) is 10.8. The van der Waals surface area contributed by atoms with Gasteiger partial charge in [-0.05, 0) is 50.6 Å². The first-order valence-corrected chi connectivity index (χ1v) is 8.77. The van der Waals surface area contributed by atoms with Crippen LogP contribution in [0.5, 0.6) is 0 Å². The van der Waals surface area contributed by atoms with E-state index in [0.717, 1.165) is 39.1 Å². The highest BCUT2D eigenvalue weighted by molar-refractivity contribution is 5.58. The van der Waals surface area contributed by atoms with Crippen LogP contribution in [0, 0.1) is 0 Å². The van der Waals surface area contributed by atoms with Gasteiger partial charge in [0.25, 0.3) is 0 Å². The minimum absolute atomic E-state index is 0.559. The minimum Gasteiger partial charge on any atom is -0.382 e. The zero-order valence-corrected chi connectivity index (χ0v) is 13.8. The lowest BCUT2D eigenvalue weighted by molar-refractivity contribution is 0.0904. The molecule has 2 aliphatic rings. The molecular weight excluding hydrogens is 274 g/mol. The molecule has 0 spiro atoms. The van der Waals surface area contributed by atoms with E-state index in [2.05, 4.69) is 46.3 Å². The molecule has 2 saturated heterocycles. The fourth-order valence-corrected chi connectivity index (χ4v) is 3.42. The number of nitrogens with zero attached hydrogens (tertiary/aromatic N) is 2. The predicted molar refractivity (Wildman–Crippen MR) is 92.8 cm³/mol. The first-order valence-electron chi connectivity index (χ1n) is 8.77. The van der Waals surface area contributed by atoms with Gasteiger partial charge in [0.15, 0.2) is 0 Å². The number of rotatable bonds is 4. The molecule has 4 nitrogen and oxygen atoms in total. The quantitative estimate of drug-likeness (QED) is 0.926. The minimum atomic E-state index is 0.559. The number of likely N-dealkylation sites (N-methyl/N-ethyl adjacent to an activating group) is 1. The molecule has 3 rings (SSSR count). The molecule has 0 unspecified atom stereocenters. The van der Waals surface area contributed by atoms with E-state index in [0.29, 0.717) is 6.04 Å². The Balaban J connectivity index is 1.62. The summed E-state index contributed by atoms with van der Waals surface area (Å²) in [4.78, 5) is 5.08. The number of hydrogen-bond acceptors (Lipinski definition) is 4. The van der Waals surface area contributed by atoms with E-state index in [1.165, 1.54) is 37.4 Å². The van der Waals surface area contributed by atoms with Crippen molar-refractivity contribution in [2.24, 2.45) is 0 Å². The highest BCUT2D eigenvalue weighted by Gasteiger charge is 2.16. The molecule has 0 bridgehead atoms. The third-order valence-corrected chi connectivity index (χ3v) is 4.84. The molecule has 0 atom stereocenters. The van der Waals surface area contributed by atoms with E-state index < -0.39 is 0 Å². The zero-order chi connectivity index (χ0) is 15.2. The maximum absolute atomic E-state index is 5.44. The molecular formula is C18H29N3O. The van der Waals surface area contributed by atoms with Gasteiger partial charge in [-0.2, -0.15) is 0 Å². The van der Waals surface area contributed by atoms with Gasteiger partial charge in [0, 0.05) is 50.3 Å². The van der Waals surface area contributed by atoms with E-state index in [1.807, 2.05) is 0 Å². The van der Waals surface area contributed by atoms with Crippen molar-refractivity contribution in [2.75, 3.05) is 56.2 Å². The van der Waals surface area contributed by atoms with E-state index in [1.54, 1.807) is 0 Å². The van der Waals surface area contributed by atoms with Crippen LogP contribution in [0.25, 0.3) is 0 Å². The summed E-state index contributed by atoms with van der Waals surface area (Å²) in [6, 6.07) is 9.49. The summed E-state index contributed by atoms with van der Waals surface area (Å²) in [5.41, 5.74) is 2.61. The molecule has 0 saturated carbocycles. The Hall–Kier alpha value is -1.26. The van der Waals surface area contributed by atoms with Crippen molar-refractivity contribution >= 4 is 11.4 Å². The molecule has 4 heteroatoms. The molecule has 2 fully saturated rings. The maximum atomic E-state index is 5.44. The van der Waals surface area contributed by atoms with Crippen LogP contribution in [0.1, 0.15) is 26.2 Å². The van der Waals surface area contributed by atoms with Crippen molar-refractivity contribution in [3.8, 4) is 0 Å². The second kappa shape index (κ2) is 7.84. The molecule has 22 heavy (non-hydrogen) atoms. The van der Waals surface area contributed by atoms with Crippen LogP contribution in [0.15, 0.2) is 24.3 Å². The van der Waals surface area contributed by atoms with Crippen LogP contribution in [0.4, 0.5) is 11.4 Å². The van der Waals surface area contributed by atoms with Gasteiger partial charge in [-0.25, -0.2) is 0 Å². The standard InChI is InChI=1S/C18H29N3O/c1-2-20-9-4-10-21(12-11-20)18-6-3-5-17(15-18)19-16-7-13-22-14-8-16/h3,5-6,15-16,19H,2,4,7-14H2,1H3. The van der Waals surface area contributed by atoms with Crippen molar-refractivity contribution in [3.63, 3.8) is 0 Å². The van der Waals surface area contributed by atoms with Gasteiger partial charge in [0.1, 0.15) is 0 Å². The number of benzene rings is 1. The van der Waals surface area contributed by atoms with Crippen LogP contribution in [0.3, 0.4) is 0 Å². The van der Waals surface area contributed by atoms with Gasteiger partial charge in [0.2, 0.25) is 0 Å². The molecule has 1 aromatic carbocycles. The number of hydrogen-bond donors (Lipinski definition) is 1. The predicted octanol–water partition coefficient (Wildman–Crippen LogP) is 2.81. The van der Waals surface area contributed by atoms with Gasteiger partial charge in [-0.3, -0.25) is 0 Å². The third kappa shape index (κ3) is 4.14.